The smallest absolute Gasteiger partial charge is 0.135 e. The number of hydrogen-bond acceptors (Lipinski definition) is 2. The Hall–Kier alpha value is -0.710. The standard InChI is InChI=1S/C16H14Br2ClNO/c1-21-16-8-15(12(17)7-13(16)18)20-14-5-2-9-6-10(19)3-4-11(9)14/h3-4,6-8,14,20H,2,5H2,1H3. The number of hydrogen-bond donors (Lipinski definition) is 1. The Morgan fingerprint density at radius 2 is 2.00 bits per heavy atom. The molecule has 3 rings (SSSR count). The molecule has 0 bridgehead atoms. The number of nitrogens with one attached hydrogen (secondary N) is 1. The fourth-order valence-corrected chi connectivity index (χ4v) is 4.18. The Kier molecular flexibility index (Phi) is 4.48. The van der Waals surface area contributed by atoms with Crippen molar-refractivity contribution in [1.82, 2.24) is 0 Å². The number of halogens is 3. The van der Waals surface area contributed by atoms with Crippen molar-refractivity contribution in [2.45, 2.75) is 18.9 Å². The van der Waals surface area contributed by atoms with Gasteiger partial charge >= 0.3 is 0 Å². The van der Waals surface area contributed by atoms with Crippen LogP contribution in [0.1, 0.15) is 23.6 Å². The fraction of sp³-hybridized carbons (Fsp3) is 0.250. The van der Waals surface area contributed by atoms with Crippen LogP contribution in [0.15, 0.2) is 39.3 Å². The Morgan fingerprint density at radius 3 is 2.76 bits per heavy atom. The largest absolute Gasteiger partial charge is 0.495 e. The Morgan fingerprint density at radius 1 is 1.19 bits per heavy atom. The second-order valence-corrected chi connectivity index (χ2v) is 7.19. The van der Waals surface area contributed by atoms with Gasteiger partial charge < -0.3 is 10.1 Å². The van der Waals surface area contributed by atoms with Crippen molar-refractivity contribution in [3.8, 4) is 5.75 Å². The first kappa shape index (κ1) is 15.2. The summed E-state index contributed by atoms with van der Waals surface area (Å²) in [4.78, 5) is 0. The van der Waals surface area contributed by atoms with Crippen molar-refractivity contribution in [3.05, 3.63) is 55.4 Å². The zero-order chi connectivity index (χ0) is 15.0. The number of fused-ring (bicyclic) bond motifs is 1. The van der Waals surface area contributed by atoms with Crippen LogP contribution in [0.25, 0.3) is 0 Å². The maximum absolute atomic E-state index is 6.06. The molecule has 21 heavy (non-hydrogen) atoms. The van der Waals surface area contributed by atoms with Crippen molar-refractivity contribution in [2.24, 2.45) is 0 Å². The van der Waals surface area contributed by atoms with Gasteiger partial charge in [-0.25, -0.2) is 0 Å². The molecular weight excluding hydrogens is 417 g/mol. The van der Waals surface area contributed by atoms with E-state index in [0.717, 1.165) is 38.2 Å². The van der Waals surface area contributed by atoms with Gasteiger partial charge in [-0.05, 0) is 74.0 Å². The van der Waals surface area contributed by atoms with E-state index in [1.807, 2.05) is 18.2 Å². The molecule has 0 radical (unpaired) electrons. The molecule has 2 nitrogen and oxygen atoms in total. The van der Waals surface area contributed by atoms with Gasteiger partial charge in [-0.3, -0.25) is 0 Å². The molecule has 5 heteroatoms. The van der Waals surface area contributed by atoms with Crippen LogP contribution < -0.4 is 10.1 Å². The monoisotopic (exact) mass is 429 g/mol. The predicted octanol–water partition coefficient (Wildman–Crippen LogP) is 5.97. The third kappa shape index (κ3) is 3.08. The summed E-state index contributed by atoms with van der Waals surface area (Å²) in [6.45, 7) is 0. The van der Waals surface area contributed by atoms with Gasteiger partial charge in [-0.15, -0.1) is 0 Å². The molecule has 1 unspecified atom stereocenters. The minimum atomic E-state index is 0.305. The molecule has 0 aromatic heterocycles. The van der Waals surface area contributed by atoms with Crippen molar-refractivity contribution in [1.29, 1.82) is 0 Å². The van der Waals surface area contributed by atoms with E-state index >= 15 is 0 Å². The van der Waals surface area contributed by atoms with Gasteiger partial charge in [0.25, 0.3) is 0 Å². The molecule has 2 aromatic rings. The highest BCUT2D eigenvalue weighted by Gasteiger charge is 2.23. The van der Waals surface area contributed by atoms with Gasteiger partial charge in [-0.2, -0.15) is 0 Å². The summed E-state index contributed by atoms with van der Waals surface area (Å²) in [6.07, 6.45) is 2.12. The van der Waals surface area contributed by atoms with E-state index in [0.29, 0.717) is 6.04 Å². The SMILES string of the molecule is COc1cc(NC2CCc3cc(Cl)ccc32)c(Br)cc1Br. The van der Waals surface area contributed by atoms with E-state index in [-0.39, 0.29) is 0 Å². The summed E-state index contributed by atoms with van der Waals surface area (Å²) in [7, 11) is 1.67. The summed E-state index contributed by atoms with van der Waals surface area (Å²) in [5, 5.41) is 4.40. The van der Waals surface area contributed by atoms with Crippen LogP contribution in [0.5, 0.6) is 5.75 Å². The number of methoxy groups -OCH3 is 1. The Bertz CT molecular complexity index is 690. The summed E-state index contributed by atoms with van der Waals surface area (Å²) in [5.74, 6) is 0.815. The second kappa shape index (κ2) is 6.19. The molecule has 0 saturated heterocycles. The normalized spacial score (nSPS) is 16.7. The molecule has 2 aromatic carbocycles. The second-order valence-electron chi connectivity index (χ2n) is 5.05. The number of anilines is 1. The highest BCUT2D eigenvalue weighted by atomic mass is 79.9. The number of benzene rings is 2. The highest BCUT2D eigenvalue weighted by Crippen LogP contribution is 2.40. The summed E-state index contributed by atoms with van der Waals surface area (Å²) < 4.78 is 7.31. The lowest BCUT2D eigenvalue weighted by molar-refractivity contribution is 0.412. The number of ether oxygens (including phenoxy) is 1. The molecule has 1 atom stereocenters. The first-order chi connectivity index (χ1) is 10.1. The highest BCUT2D eigenvalue weighted by molar-refractivity contribution is 9.11. The van der Waals surface area contributed by atoms with Crippen molar-refractivity contribution in [3.63, 3.8) is 0 Å². The van der Waals surface area contributed by atoms with Crippen LogP contribution in [0.4, 0.5) is 5.69 Å². The van der Waals surface area contributed by atoms with Gasteiger partial charge in [0, 0.05) is 15.6 Å². The minimum absolute atomic E-state index is 0.305. The lowest BCUT2D eigenvalue weighted by Gasteiger charge is -2.18. The van der Waals surface area contributed by atoms with E-state index in [9.17, 15) is 0 Å². The van der Waals surface area contributed by atoms with Crippen LogP contribution in [-0.4, -0.2) is 7.11 Å². The third-order valence-electron chi connectivity index (χ3n) is 3.75. The maximum atomic E-state index is 6.06. The van der Waals surface area contributed by atoms with Crippen LogP contribution in [0.2, 0.25) is 5.02 Å². The van der Waals surface area contributed by atoms with Gasteiger partial charge in [0.2, 0.25) is 0 Å². The molecule has 0 amide bonds. The van der Waals surface area contributed by atoms with E-state index in [1.165, 1.54) is 11.1 Å². The van der Waals surface area contributed by atoms with Crippen LogP contribution in [-0.2, 0) is 6.42 Å². The molecule has 1 N–H and O–H groups in total. The van der Waals surface area contributed by atoms with Crippen LogP contribution in [0, 0.1) is 0 Å². The molecule has 0 fully saturated rings. The lowest BCUT2D eigenvalue weighted by atomic mass is 10.1. The van der Waals surface area contributed by atoms with Gasteiger partial charge in [-0.1, -0.05) is 17.7 Å². The van der Waals surface area contributed by atoms with Crippen molar-refractivity contribution < 1.29 is 4.74 Å². The minimum Gasteiger partial charge on any atom is -0.495 e. The summed E-state index contributed by atoms with van der Waals surface area (Å²) >= 11 is 13.2. The number of rotatable bonds is 3. The Balaban J connectivity index is 1.89. The zero-order valence-corrected chi connectivity index (χ0v) is 15.3. The molecular formula is C16H14Br2ClNO. The van der Waals surface area contributed by atoms with E-state index in [1.54, 1.807) is 7.11 Å². The predicted molar refractivity (Wildman–Crippen MR) is 94.5 cm³/mol. The number of aryl methyl sites for hydroxylation is 1. The van der Waals surface area contributed by atoms with Gasteiger partial charge in [0.15, 0.2) is 0 Å². The Labute approximate surface area is 146 Å². The third-order valence-corrected chi connectivity index (χ3v) is 5.26. The molecule has 0 spiro atoms. The summed E-state index contributed by atoms with van der Waals surface area (Å²) in [6, 6.07) is 10.4. The zero-order valence-electron chi connectivity index (χ0n) is 11.4. The first-order valence-electron chi connectivity index (χ1n) is 6.66. The van der Waals surface area contributed by atoms with Gasteiger partial charge in [0.05, 0.1) is 23.3 Å². The maximum Gasteiger partial charge on any atom is 0.135 e. The van der Waals surface area contributed by atoms with E-state index in [4.69, 9.17) is 16.3 Å². The first-order valence-corrected chi connectivity index (χ1v) is 8.63. The van der Waals surface area contributed by atoms with E-state index in [2.05, 4.69) is 49.3 Å². The van der Waals surface area contributed by atoms with Crippen molar-refractivity contribution in [2.75, 3.05) is 12.4 Å². The molecule has 1 aliphatic carbocycles. The average molecular weight is 432 g/mol. The molecule has 1 aliphatic rings. The molecule has 0 saturated carbocycles. The average Bonchev–Trinajstić information content (AvgIpc) is 2.84. The van der Waals surface area contributed by atoms with Gasteiger partial charge in [0.1, 0.15) is 5.75 Å². The molecule has 0 heterocycles. The van der Waals surface area contributed by atoms with E-state index < -0.39 is 0 Å². The van der Waals surface area contributed by atoms with Crippen LogP contribution >= 0.6 is 43.5 Å². The van der Waals surface area contributed by atoms with Crippen molar-refractivity contribution >= 4 is 49.1 Å². The molecule has 110 valence electrons. The molecule has 0 aliphatic heterocycles. The quantitative estimate of drug-likeness (QED) is 0.646. The summed E-state index contributed by atoms with van der Waals surface area (Å²) in [5.41, 5.74) is 3.69. The topological polar surface area (TPSA) is 21.3 Å². The van der Waals surface area contributed by atoms with Crippen LogP contribution in [0.3, 0.4) is 0 Å². The lowest BCUT2D eigenvalue weighted by Crippen LogP contribution is -2.07. The fourth-order valence-electron chi connectivity index (χ4n) is 2.72.